The van der Waals surface area contributed by atoms with Crippen LogP contribution in [0.4, 0.5) is 11.4 Å². The molecular formula is C24H26N4O3S. The van der Waals surface area contributed by atoms with Crippen LogP contribution in [0.2, 0.25) is 0 Å². The maximum atomic E-state index is 13.2. The maximum absolute atomic E-state index is 13.2. The van der Waals surface area contributed by atoms with Gasteiger partial charge in [-0.05, 0) is 48.9 Å². The zero-order valence-corrected chi connectivity index (χ0v) is 19.1. The van der Waals surface area contributed by atoms with E-state index in [1.165, 1.54) is 18.3 Å². The predicted molar refractivity (Wildman–Crippen MR) is 129 cm³/mol. The average Bonchev–Trinajstić information content (AvgIpc) is 2.79. The van der Waals surface area contributed by atoms with Gasteiger partial charge >= 0.3 is 0 Å². The van der Waals surface area contributed by atoms with Crippen LogP contribution in [0.1, 0.15) is 11.1 Å². The molecule has 0 spiro atoms. The van der Waals surface area contributed by atoms with Gasteiger partial charge in [0.2, 0.25) is 0 Å². The summed E-state index contributed by atoms with van der Waals surface area (Å²) in [6, 6.07) is 22.6. The molecule has 1 N–H and O–H groups in total. The molecule has 0 saturated carbocycles. The average molecular weight is 451 g/mol. The Labute approximate surface area is 189 Å². The molecule has 0 aliphatic carbocycles. The lowest BCUT2D eigenvalue weighted by Gasteiger charge is -2.23. The van der Waals surface area contributed by atoms with Crippen molar-refractivity contribution in [3.63, 3.8) is 0 Å². The summed E-state index contributed by atoms with van der Waals surface area (Å²) in [5.41, 5.74) is 5.66. The van der Waals surface area contributed by atoms with Gasteiger partial charge in [0.25, 0.3) is 15.9 Å². The molecular weight excluding hydrogens is 424 g/mol. The van der Waals surface area contributed by atoms with Gasteiger partial charge < -0.3 is 4.90 Å². The largest absolute Gasteiger partial charge is 0.378 e. The number of hydrogen-bond donors (Lipinski definition) is 1. The Balaban J connectivity index is 1.77. The van der Waals surface area contributed by atoms with Gasteiger partial charge in [-0.25, -0.2) is 13.8 Å². The Morgan fingerprint density at radius 2 is 1.50 bits per heavy atom. The number of hydrazone groups is 1. The quantitative estimate of drug-likeness (QED) is 0.421. The summed E-state index contributed by atoms with van der Waals surface area (Å²) < 4.78 is 27.6. The standard InChI is InChI=1S/C24H26N4O3S/c1-19-9-13-22(14-10-19)28(32(30,31)23-7-5-4-6-8-23)18-24(29)26-25-17-20-11-15-21(16-12-20)27(2)3/h4-17H,18H2,1-3H3,(H,26,29)/b25-17-. The molecule has 0 radical (unpaired) electrons. The molecule has 0 unspecified atom stereocenters. The number of nitrogens with zero attached hydrogens (tertiary/aromatic N) is 3. The lowest BCUT2D eigenvalue weighted by molar-refractivity contribution is -0.119. The first kappa shape index (κ1) is 23.0. The van der Waals surface area contributed by atoms with Crippen LogP contribution in [0.3, 0.4) is 0 Å². The molecule has 8 heteroatoms. The minimum atomic E-state index is -3.94. The minimum Gasteiger partial charge on any atom is -0.378 e. The van der Waals surface area contributed by atoms with E-state index in [0.29, 0.717) is 5.69 Å². The fourth-order valence-corrected chi connectivity index (χ4v) is 4.39. The second-order valence-corrected chi connectivity index (χ2v) is 9.30. The number of aryl methyl sites for hydroxylation is 1. The van der Waals surface area contributed by atoms with Crippen molar-refractivity contribution in [1.29, 1.82) is 0 Å². The summed E-state index contributed by atoms with van der Waals surface area (Å²) >= 11 is 0. The Hall–Kier alpha value is -3.65. The molecule has 3 aromatic carbocycles. The lowest BCUT2D eigenvalue weighted by Crippen LogP contribution is -2.39. The van der Waals surface area contributed by atoms with E-state index in [0.717, 1.165) is 21.1 Å². The van der Waals surface area contributed by atoms with Crippen LogP contribution in [-0.2, 0) is 14.8 Å². The second-order valence-electron chi connectivity index (χ2n) is 7.44. The predicted octanol–water partition coefficient (Wildman–Crippen LogP) is 3.41. The fraction of sp³-hybridized carbons (Fsp3) is 0.167. The van der Waals surface area contributed by atoms with E-state index in [2.05, 4.69) is 10.5 Å². The second kappa shape index (κ2) is 10.1. The van der Waals surface area contributed by atoms with Crippen LogP contribution >= 0.6 is 0 Å². The third-order valence-electron chi connectivity index (χ3n) is 4.75. The van der Waals surface area contributed by atoms with Crippen LogP contribution < -0.4 is 14.6 Å². The first-order chi connectivity index (χ1) is 15.3. The van der Waals surface area contributed by atoms with Crippen molar-refractivity contribution in [3.05, 3.63) is 90.0 Å². The van der Waals surface area contributed by atoms with E-state index in [1.54, 1.807) is 42.5 Å². The van der Waals surface area contributed by atoms with Gasteiger partial charge in [0.15, 0.2) is 0 Å². The summed E-state index contributed by atoms with van der Waals surface area (Å²) in [5.74, 6) is -0.550. The number of carbonyl (C=O) groups excluding carboxylic acids is 1. The monoisotopic (exact) mass is 450 g/mol. The molecule has 0 heterocycles. The van der Waals surface area contributed by atoms with Gasteiger partial charge in [0.05, 0.1) is 16.8 Å². The van der Waals surface area contributed by atoms with E-state index in [1.807, 2.05) is 50.2 Å². The van der Waals surface area contributed by atoms with E-state index < -0.39 is 22.5 Å². The number of anilines is 2. The van der Waals surface area contributed by atoms with Crippen LogP contribution in [0.5, 0.6) is 0 Å². The highest BCUT2D eigenvalue weighted by Crippen LogP contribution is 2.23. The van der Waals surface area contributed by atoms with E-state index in [-0.39, 0.29) is 4.90 Å². The van der Waals surface area contributed by atoms with E-state index in [4.69, 9.17) is 0 Å². The summed E-state index contributed by atoms with van der Waals surface area (Å²) in [7, 11) is -0.0342. The Bertz CT molecular complexity index is 1170. The minimum absolute atomic E-state index is 0.109. The van der Waals surface area contributed by atoms with Crippen molar-refractivity contribution in [2.45, 2.75) is 11.8 Å². The van der Waals surface area contributed by atoms with Crippen LogP contribution in [-0.4, -0.2) is 41.2 Å². The van der Waals surface area contributed by atoms with Crippen molar-refractivity contribution in [1.82, 2.24) is 5.43 Å². The lowest BCUT2D eigenvalue weighted by atomic mass is 10.2. The van der Waals surface area contributed by atoms with Gasteiger partial charge in [-0.15, -0.1) is 0 Å². The number of sulfonamides is 1. The summed E-state index contributed by atoms with van der Waals surface area (Å²) in [6.07, 6.45) is 1.51. The van der Waals surface area contributed by atoms with Gasteiger partial charge in [0, 0.05) is 19.8 Å². The molecule has 0 aliphatic heterocycles. The van der Waals surface area contributed by atoms with Gasteiger partial charge in [0.1, 0.15) is 6.54 Å². The Morgan fingerprint density at radius 3 is 2.09 bits per heavy atom. The van der Waals surface area contributed by atoms with Crippen molar-refractivity contribution < 1.29 is 13.2 Å². The third-order valence-corrected chi connectivity index (χ3v) is 6.54. The molecule has 166 valence electrons. The molecule has 0 fully saturated rings. The van der Waals surface area contributed by atoms with Crippen molar-refractivity contribution in [3.8, 4) is 0 Å². The van der Waals surface area contributed by atoms with E-state index in [9.17, 15) is 13.2 Å². The number of nitrogens with one attached hydrogen (secondary N) is 1. The fourth-order valence-electron chi connectivity index (χ4n) is 2.95. The molecule has 3 aromatic rings. The number of benzene rings is 3. The number of amides is 1. The molecule has 0 bridgehead atoms. The maximum Gasteiger partial charge on any atom is 0.264 e. The van der Waals surface area contributed by atoms with Crippen molar-refractivity contribution in [2.75, 3.05) is 29.8 Å². The Morgan fingerprint density at radius 1 is 0.906 bits per heavy atom. The van der Waals surface area contributed by atoms with Crippen molar-refractivity contribution >= 4 is 33.5 Å². The highest BCUT2D eigenvalue weighted by atomic mass is 32.2. The van der Waals surface area contributed by atoms with Crippen LogP contribution in [0, 0.1) is 6.92 Å². The zero-order chi connectivity index (χ0) is 23.1. The molecule has 0 saturated heterocycles. The highest BCUT2D eigenvalue weighted by molar-refractivity contribution is 7.92. The Kier molecular flexibility index (Phi) is 7.27. The van der Waals surface area contributed by atoms with Crippen LogP contribution in [0.15, 0.2) is 88.9 Å². The van der Waals surface area contributed by atoms with Gasteiger partial charge in [-0.1, -0.05) is 48.0 Å². The molecule has 1 amide bonds. The van der Waals surface area contributed by atoms with Crippen molar-refractivity contribution in [2.24, 2.45) is 5.10 Å². The van der Waals surface area contributed by atoms with Gasteiger partial charge in [-0.2, -0.15) is 5.10 Å². The molecule has 7 nitrogen and oxygen atoms in total. The molecule has 0 aliphatic rings. The molecule has 32 heavy (non-hydrogen) atoms. The number of rotatable bonds is 8. The molecule has 3 rings (SSSR count). The topological polar surface area (TPSA) is 82.1 Å². The number of hydrogen-bond acceptors (Lipinski definition) is 5. The van der Waals surface area contributed by atoms with Gasteiger partial charge in [-0.3, -0.25) is 9.10 Å². The first-order valence-corrected chi connectivity index (χ1v) is 11.4. The normalized spacial score (nSPS) is 11.3. The summed E-state index contributed by atoms with van der Waals surface area (Å²) in [4.78, 5) is 14.7. The zero-order valence-electron chi connectivity index (χ0n) is 18.3. The first-order valence-electron chi connectivity index (χ1n) is 10.0. The highest BCUT2D eigenvalue weighted by Gasteiger charge is 2.26. The summed E-state index contributed by atoms with van der Waals surface area (Å²) in [5, 5.41) is 3.97. The smallest absolute Gasteiger partial charge is 0.264 e. The summed E-state index contributed by atoms with van der Waals surface area (Å²) in [6.45, 7) is 1.50. The number of carbonyl (C=O) groups is 1. The third kappa shape index (κ3) is 5.73. The SMILES string of the molecule is Cc1ccc(N(CC(=O)N/N=C\c2ccc(N(C)C)cc2)S(=O)(=O)c2ccccc2)cc1. The molecule has 0 aromatic heterocycles. The van der Waals surface area contributed by atoms with Crippen LogP contribution in [0.25, 0.3) is 0 Å². The molecule has 0 atom stereocenters. The van der Waals surface area contributed by atoms with E-state index >= 15 is 0 Å².